The maximum Gasteiger partial charge on any atom is 0.323 e. The minimum Gasteiger partial charge on any atom is -0.462 e. The SMILES string of the molecule is CC[C@H](NCCc1ccc2c(c1)nc(-c1cc(C)c(=O)n(C)c1)n2CC1CCOCC1)C(=O)OC(C)C. The van der Waals surface area contributed by atoms with Crippen molar-refractivity contribution >= 4 is 17.0 Å². The third-order valence-corrected chi connectivity index (χ3v) is 7.06. The zero-order chi connectivity index (χ0) is 26.5. The number of esters is 1. The molecule has 0 radical (unpaired) electrons. The van der Waals surface area contributed by atoms with E-state index in [2.05, 4.69) is 28.1 Å². The molecule has 1 aliphatic rings. The molecule has 8 heteroatoms. The van der Waals surface area contributed by atoms with Gasteiger partial charge in [0, 0.05) is 44.1 Å². The van der Waals surface area contributed by atoms with Crippen molar-refractivity contribution in [3.63, 3.8) is 0 Å². The number of imidazole rings is 1. The number of hydrogen-bond donors (Lipinski definition) is 1. The van der Waals surface area contributed by atoms with Gasteiger partial charge < -0.3 is 23.9 Å². The predicted octanol–water partition coefficient (Wildman–Crippen LogP) is 4.00. The fourth-order valence-corrected chi connectivity index (χ4v) is 5.02. The molecule has 1 aromatic carbocycles. The Kier molecular flexibility index (Phi) is 8.82. The Hall–Kier alpha value is -2.97. The van der Waals surface area contributed by atoms with Crippen molar-refractivity contribution in [1.82, 2.24) is 19.4 Å². The fraction of sp³-hybridized carbons (Fsp3) is 0.552. The molecular weight excluding hydrogens is 468 g/mol. The van der Waals surface area contributed by atoms with Crippen molar-refractivity contribution in [1.29, 1.82) is 0 Å². The van der Waals surface area contributed by atoms with Crippen LogP contribution >= 0.6 is 0 Å². The number of ether oxygens (including phenoxy) is 2. The molecule has 1 atom stereocenters. The summed E-state index contributed by atoms with van der Waals surface area (Å²) < 4.78 is 14.9. The fourth-order valence-electron chi connectivity index (χ4n) is 5.02. The van der Waals surface area contributed by atoms with Gasteiger partial charge in [0.15, 0.2) is 0 Å². The highest BCUT2D eigenvalue weighted by molar-refractivity contribution is 5.81. The summed E-state index contributed by atoms with van der Waals surface area (Å²) in [5.41, 5.74) is 4.85. The number of aromatic nitrogens is 3. The second-order valence-corrected chi connectivity index (χ2v) is 10.4. The molecule has 3 aromatic rings. The van der Waals surface area contributed by atoms with Gasteiger partial charge in [-0.15, -0.1) is 0 Å². The van der Waals surface area contributed by atoms with Crippen LogP contribution in [0.5, 0.6) is 0 Å². The van der Waals surface area contributed by atoms with E-state index in [1.54, 1.807) is 11.6 Å². The highest BCUT2D eigenvalue weighted by Crippen LogP contribution is 2.29. The maximum atomic E-state index is 12.3. The molecule has 0 unspecified atom stereocenters. The van der Waals surface area contributed by atoms with Gasteiger partial charge in [0.2, 0.25) is 0 Å². The zero-order valence-corrected chi connectivity index (χ0v) is 22.8. The summed E-state index contributed by atoms with van der Waals surface area (Å²) in [6.07, 6.45) is 5.29. The summed E-state index contributed by atoms with van der Waals surface area (Å²) in [4.78, 5) is 29.7. The Morgan fingerprint density at radius 1 is 1.24 bits per heavy atom. The van der Waals surface area contributed by atoms with Crippen molar-refractivity contribution < 1.29 is 14.3 Å². The summed E-state index contributed by atoms with van der Waals surface area (Å²) in [6.45, 7) is 10.7. The Bertz CT molecular complexity index is 1260. The third kappa shape index (κ3) is 6.48. The monoisotopic (exact) mass is 508 g/mol. The standard InChI is InChI=1S/C29H40N4O4/c1-6-24(29(35)37-19(2)3)30-12-9-21-7-8-26-25(16-21)31-27(23-15-20(4)28(34)32(5)18-23)33(26)17-22-10-13-36-14-11-22/h7-8,15-16,18-19,22,24,30H,6,9-14,17H2,1-5H3/t24-/m0/s1. The first-order chi connectivity index (χ1) is 17.8. The van der Waals surface area contributed by atoms with Crippen LogP contribution in [0.1, 0.15) is 51.2 Å². The summed E-state index contributed by atoms with van der Waals surface area (Å²) in [5, 5.41) is 3.34. The van der Waals surface area contributed by atoms with Crippen molar-refractivity contribution in [2.24, 2.45) is 13.0 Å². The largest absolute Gasteiger partial charge is 0.462 e. The molecule has 3 heterocycles. The van der Waals surface area contributed by atoms with Crippen LogP contribution in [-0.4, -0.2) is 52.0 Å². The van der Waals surface area contributed by atoms with Crippen molar-refractivity contribution in [3.8, 4) is 11.4 Å². The Morgan fingerprint density at radius 3 is 2.68 bits per heavy atom. The lowest BCUT2D eigenvalue weighted by molar-refractivity contribution is -0.150. The minimum atomic E-state index is -0.301. The normalized spacial score (nSPS) is 15.4. The first kappa shape index (κ1) is 27.1. The first-order valence-corrected chi connectivity index (χ1v) is 13.4. The molecule has 0 saturated carbocycles. The smallest absolute Gasteiger partial charge is 0.323 e. The molecule has 1 aliphatic heterocycles. The van der Waals surface area contributed by atoms with E-state index in [0.717, 1.165) is 67.0 Å². The van der Waals surface area contributed by atoms with Gasteiger partial charge in [-0.1, -0.05) is 13.0 Å². The average molecular weight is 509 g/mol. The number of hydrogen-bond acceptors (Lipinski definition) is 6. The van der Waals surface area contributed by atoms with Gasteiger partial charge in [-0.3, -0.25) is 9.59 Å². The highest BCUT2D eigenvalue weighted by Gasteiger charge is 2.21. The maximum absolute atomic E-state index is 12.3. The van der Waals surface area contributed by atoms with Gasteiger partial charge >= 0.3 is 5.97 Å². The summed E-state index contributed by atoms with van der Waals surface area (Å²) in [5.74, 6) is 1.22. The van der Waals surface area contributed by atoms with Crippen LogP contribution in [0.3, 0.4) is 0 Å². The van der Waals surface area contributed by atoms with Crippen LogP contribution < -0.4 is 10.9 Å². The molecule has 0 aliphatic carbocycles. The number of benzene rings is 1. The molecule has 200 valence electrons. The quantitative estimate of drug-likeness (QED) is 0.417. The van der Waals surface area contributed by atoms with Crippen molar-refractivity contribution in [2.75, 3.05) is 19.8 Å². The molecule has 1 saturated heterocycles. The van der Waals surface area contributed by atoms with Crippen LogP contribution in [0.25, 0.3) is 22.4 Å². The van der Waals surface area contributed by atoms with Crippen LogP contribution in [0.2, 0.25) is 0 Å². The Labute approximate surface area is 219 Å². The summed E-state index contributed by atoms with van der Waals surface area (Å²) >= 11 is 0. The van der Waals surface area contributed by atoms with Crippen LogP contribution in [0.4, 0.5) is 0 Å². The third-order valence-electron chi connectivity index (χ3n) is 7.06. The highest BCUT2D eigenvalue weighted by atomic mass is 16.5. The number of pyridine rings is 1. The Balaban J connectivity index is 1.60. The van der Waals surface area contributed by atoms with E-state index < -0.39 is 0 Å². The lowest BCUT2D eigenvalue weighted by Gasteiger charge is -2.23. The zero-order valence-electron chi connectivity index (χ0n) is 22.8. The van der Waals surface area contributed by atoms with Gasteiger partial charge in [0.05, 0.1) is 17.1 Å². The molecule has 4 rings (SSSR count). The van der Waals surface area contributed by atoms with E-state index in [1.807, 2.05) is 40.0 Å². The van der Waals surface area contributed by atoms with Gasteiger partial charge in [-0.05, 0) is 82.7 Å². The Morgan fingerprint density at radius 2 is 2.00 bits per heavy atom. The number of aryl methyl sites for hydroxylation is 2. The molecule has 0 spiro atoms. The van der Waals surface area contributed by atoms with Gasteiger partial charge in [-0.25, -0.2) is 4.98 Å². The number of nitrogens with one attached hydrogen (secondary N) is 1. The average Bonchev–Trinajstić information content (AvgIpc) is 3.22. The van der Waals surface area contributed by atoms with Gasteiger partial charge in [-0.2, -0.15) is 0 Å². The second kappa shape index (κ2) is 12.0. The molecule has 0 amide bonds. The summed E-state index contributed by atoms with van der Waals surface area (Å²) in [7, 11) is 1.79. The van der Waals surface area contributed by atoms with Crippen LogP contribution in [-0.2, 0) is 34.3 Å². The molecule has 1 N–H and O–H groups in total. The lowest BCUT2D eigenvalue weighted by Crippen LogP contribution is -2.39. The van der Waals surface area contributed by atoms with Crippen LogP contribution in [0, 0.1) is 12.8 Å². The molecule has 1 fully saturated rings. The molecule has 37 heavy (non-hydrogen) atoms. The number of carbonyl (C=O) groups excluding carboxylic acids is 1. The van der Waals surface area contributed by atoms with Gasteiger partial charge in [0.25, 0.3) is 5.56 Å². The predicted molar refractivity (Wildman–Crippen MR) is 146 cm³/mol. The van der Waals surface area contributed by atoms with E-state index in [9.17, 15) is 9.59 Å². The van der Waals surface area contributed by atoms with Crippen molar-refractivity contribution in [2.45, 2.75) is 72.1 Å². The molecular formula is C29H40N4O4. The van der Waals surface area contributed by atoms with E-state index in [-0.39, 0.29) is 23.7 Å². The number of carbonyl (C=O) groups is 1. The number of nitrogens with zero attached hydrogens (tertiary/aromatic N) is 3. The molecule has 0 bridgehead atoms. The summed E-state index contributed by atoms with van der Waals surface area (Å²) in [6, 6.07) is 8.08. The van der Waals surface area contributed by atoms with Crippen molar-refractivity contribution in [3.05, 3.63) is 51.9 Å². The number of fused-ring (bicyclic) bond motifs is 1. The first-order valence-electron chi connectivity index (χ1n) is 13.4. The second-order valence-electron chi connectivity index (χ2n) is 10.4. The topological polar surface area (TPSA) is 87.4 Å². The molecule has 8 nitrogen and oxygen atoms in total. The van der Waals surface area contributed by atoms with Crippen LogP contribution in [0.15, 0.2) is 35.3 Å². The van der Waals surface area contributed by atoms with Gasteiger partial charge in [0.1, 0.15) is 11.9 Å². The molecule has 2 aromatic heterocycles. The minimum absolute atomic E-state index is 0.00767. The number of rotatable bonds is 10. The lowest BCUT2D eigenvalue weighted by atomic mass is 10.00. The van der Waals surface area contributed by atoms with E-state index in [0.29, 0.717) is 24.4 Å². The van der Waals surface area contributed by atoms with E-state index in [4.69, 9.17) is 14.5 Å². The van der Waals surface area contributed by atoms with E-state index >= 15 is 0 Å². The van der Waals surface area contributed by atoms with E-state index in [1.165, 1.54) is 0 Å².